The van der Waals surface area contributed by atoms with Gasteiger partial charge in [-0.2, -0.15) is 4.31 Å². The maximum atomic E-state index is 13.1. The van der Waals surface area contributed by atoms with E-state index < -0.39 is 26.0 Å². The summed E-state index contributed by atoms with van der Waals surface area (Å²) in [7, 11) is -5.45. The SMILES string of the molecule is COc1cccc(S(=O)(=O)N2CCC3(CC2)CC(NCC(O)COc2cccc(S(C)(=O)=O)c2)CO3)c1. The molecule has 2 aromatic rings. The minimum absolute atomic E-state index is 0.00995. The Bertz CT molecular complexity index is 1290. The lowest BCUT2D eigenvalue weighted by Crippen LogP contribution is -2.47. The van der Waals surface area contributed by atoms with Crippen LogP contribution in [0.2, 0.25) is 0 Å². The number of rotatable bonds is 10. The Labute approximate surface area is 218 Å². The molecule has 2 aliphatic heterocycles. The average Bonchev–Trinajstić information content (AvgIpc) is 3.28. The number of benzene rings is 2. The molecule has 10 nitrogen and oxygen atoms in total. The van der Waals surface area contributed by atoms with Gasteiger partial charge in [0.1, 0.15) is 24.2 Å². The highest BCUT2D eigenvalue weighted by atomic mass is 32.2. The van der Waals surface area contributed by atoms with Gasteiger partial charge in [-0.1, -0.05) is 12.1 Å². The number of sulfone groups is 1. The van der Waals surface area contributed by atoms with Crippen LogP contribution in [0.25, 0.3) is 0 Å². The average molecular weight is 555 g/mol. The number of methoxy groups -OCH3 is 1. The summed E-state index contributed by atoms with van der Waals surface area (Å²) in [6.45, 7) is 1.51. The summed E-state index contributed by atoms with van der Waals surface area (Å²) in [5.41, 5.74) is -0.383. The quantitative estimate of drug-likeness (QED) is 0.448. The van der Waals surface area contributed by atoms with Crippen LogP contribution in [-0.2, 0) is 24.6 Å². The summed E-state index contributed by atoms with van der Waals surface area (Å²) in [5, 5.41) is 13.7. The number of nitrogens with zero attached hydrogens (tertiary/aromatic N) is 1. The number of aliphatic hydroxyl groups is 1. The zero-order chi connectivity index (χ0) is 26.7. The summed E-state index contributed by atoms with van der Waals surface area (Å²) in [5.74, 6) is 0.874. The second-order valence-electron chi connectivity index (χ2n) is 9.60. The molecule has 0 aromatic heterocycles. The second kappa shape index (κ2) is 11.3. The molecule has 2 fully saturated rings. The molecule has 2 saturated heterocycles. The molecule has 0 bridgehead atoms. The number of ether oxygens (including phenoxy) is 3. The van der Waals surface area contributed by atoms with Crippen molar-refractivity contribution < 1.29 is 36.2 Å². The van der Waals surface area contributed by atoms with Gasteiger partial charge in [0.2, 0.25) is 10.0 Å². The van der Waals surface area contributed by atoms with Crippen molar-refractivity contribution in [2.75, 3.05) is 46.2 Å². The Morgan fingerprint density at radius 1 is 1.08 bits per heavy atom. The molecule has 2 heterocycles. The molecule has 0 amide bonds. The minimum atomic E-state index is -3.61. The van der Waals surface area contributed by atoms with E-state index in [1.54, 1.807) is 30.3 Å². The van der Waals surface area contributed by atoms with Gasteiger partial charge in [0.05, 0.1) is 29.1 Å². The van der Waals surface area contributed by atoms with Crippen LogP contribution in [0.3, 0.4) is 0 Å². The molecule has 2 atom stereocenters. The zero-order valence-electron chi connectivity index (χ0n) is 21.0. The van der Waals surface area contributed by atoms with Gasteiger partial charge in [0.15, 0.2) is 9.84 Å². The summed E-state index contributed by atoms with van der Waals surface area (Å²) in [6.07, 6.45) is 2.25. The van der Waals surface area contributed by atoms with E-state index in [0.29, 0.717) is 44.0 Å². The first-order valence-corrected chi connectivity index (χ1v) is 15.5. The van der Waals surface area contributed by atoms with E-state index in [9.17, 15) is 21.9 Å². The molecule has 2 aromatic carbocycles. The highest BCUT2D eigenvalue weighted by Gasteiger charge is 2.44. The van der Waals surface area contributed by atoms with Crippen LogP contribution in [0.15, 0.2) is 58.3 Å². The van der Waals surface area contributed by atoms with Gasteiger partial charge in [-0.15, -0.1) is 0 Å². The van der Waals surface area contributed by atoms with E-state index in [4.69, 9.17) is 14.2 Å². The first-order valence-electron chi connectivity index (χ1n) is 12.1. The largest absolute Gasteiger partial charge is 0.497 e. The fraction of sp³-hybridized carbons (Fsp3) is 0.520. The Balaban J connectivity index is 1.23. The fourth-order valence-electron chi connectivity index (χ4n) is 4.72. The first-order chi connectivity index (χ1) is 17.5. The molecule has 0 saturated carbocycles. The van der Waals surface area contributed by atoms with Gasteiger partial charge < -0.3 is 24.6 Å². The molecule has 0 aliphatic carbocycles. The Morgan fingerprint density at radius 2 is 1.73 bits per heavy atom. The normalized spacial score (nSPS) is 21.1. The van der Waals surface area contributed by atoms with Crippen LogP contribution in [0, 0.1) is 0 Å². The van der Waals surface area contributed by atoms with Crippen molar-refractivity contribution in [3.63, 3.8) is 0 Å². The fourth-order valence-corrected chi connectivity index (χ4v) is 6.85. The van der Waals surface area contributed by atoms with Crippen molar-refractivity contribution in [3.05, 3.63) is 48.5 Å². The molecular formula is C25H34N2O8S2. The third kappa shape index (κ3) is 6.81. The van der Waals surface area contributed by atoms with Crippen molar-refractivity contribution in [2.24, 2.45) is 0 Å². The van der Waals surface area contributed by atoms with Gasteiger partial charge in [-0.3, -0.25) is 0 Å². The molecule has 4 rings (SSSR count). The maximum Gasteiger partial charge on any atom is 0.243 e. The van der Waals surface area contributed by atoms with E-state index >= 15 is 0 Å². The smallest absolute Gasteiger partial charge is 0.243 e. The number of aliphatic hydroxyl groups excluding tert-OH is 1. The molecule has 204 valence electrons. The summed E-state index contributed by atoms with van der Waals surface area (Å²) in [4.78, 5) is 0.377. The second-order valence-corrected chi connectivity index (χ2v) is 13.6. The van der Waals surface area contributed by atoms with Crippen LogP contribution in [-0.4, -0.2) is 90.2 Å². The monoisotopic (exact) mass is 554 g/mol. The van der Waals surface area contributed by atoms with Gasteiger partial charge in [-0.25, -0.2) is 16.8 Å². The number of nitrogens with one attached hydrogen (secondary N) is 1. The highest BCUT2D eigenvalue weighted by Crippen LogP contribution is 2.37. The van der Waals surface area contributed by atoms with Crippen molar-refractivity contribution >= 4 is 19.9 Å². The van der Waals surface area contributed by atoms with Gasteiger partial charge in [0.25, 0.3) is 0 Å². The molecule has 2 N–H and O–H groups in total. The van der Waals surface area contributed by atoms with Crippen molar-refractivity contribution in [2.45, 2.75) is 46.8 Å². The topological polar surface area (TPSA) is 131 Å². The van der Waals surface area contributed by atoms with Crippen LogP contribution >= 0.6 is 0 Å². The van der Waals surface area contributed by atoms with E-state index in [0.717, 1.165) is 12.7 Å². The number of hydrogen-bond acceptors (Lipinski definition) is 9. The maximum absolute atomic E-state index is 13.1. The predicted octanol–water partition coefficient (Wildman–Crippen LogP) is 1.44. The Kier molecular flexibility index (Phi) is 8.46. The molecular weight excluding hydrogens is 520 g/mol. The molecule has 12 heteroatoms. The zero-order valence-corrected chi connectivity index (χ0v) is 22.6. The summed E-state index contributed by atoms with van der Waals surface area (Å²) < 4.78 is 67.9. The standard InChI is InChI=1S/C25H34N2O8S2/c1-33-21-5-3-8-24(13-21)37(31,32)27-11-9-25(10-12-27)15-19(17-35-25)26-16-20(28)18-34-22-6-4-7-23(14-22)36(2,29)30/h3-8,13-14,19-20,26,28H,9-12,15-18H2,1-2H3. The Morgan fingerprint density at radius 3 is 2.41 bits per heavy atom. The van der Waals surface area contributed by atoms with E-state index in [-0.39, 0.29) is 34.6 Å². The predicted molar refractivity (Wildman–Crippen MR) is 137 cm³/mol. The van der Waals surface area contributed by atoms with Crippen molar-refractivity contribution in [1.82, 2.24) is 9.62 Å². The van der Waals surface area contributed by atoms with E-state index in [1.165, 1.54) is 29.6 Å². The van der Waals surface area contributed by atoms with Crippen LogP contribution < -0.4 is 14.8 Å². The lowest BCUT2D eigenvalue weighted by molar-refractivity contribution is -0.0312. The number of piperidine rings is 1. The van der Waals surface area contributed by atoms with Gasteiger partial charge in [-0.05, 0) is 49.6 Å². The van der Waals surface area contributed by atoms with E-state index in [2.05, 4.69) is 5.32 Å². The minimum Gasteiger partial charge on any atom is -0.497 e. The van der Waals surface area contributed by atoms with Crippen molar-refractivity contribution in [3.8, 4) is 11.5 Å². The molecule has 37 heavy (non-hydrogen) atoms. The summed E-state index contributed by atoms with van der Waals surface area (Å²) >= 11 is 0. The van der Waals surface area contributed by atoms with Gasteiger partial charge in [0, 0.05) is 38.0 Å². The lowest BCUT2D eigenvalue weighted by atomic mass is 9.88. The number of hydrogen-bond donors (Lipinski definition) is 2. The molecule has 2 aliphatic rings. The molecule has 2 unspecified atom stereocenters. The van der Waals surface area contributed by atoms with Gasteiger partial charge >= 0.3 is 0 Å². The molecule has 0 radical (unpaired) electrons. The third-order valence-electron chi connectivity index (χ3n) is 6.84. The van der Waals surface area contributed by atoms with Crippen LogP contribution in [0.4, 0.5) is 0 Å². The Hall–Kier alpha value is -2.22. The lowest BCUT2D eigenvalue weighted by Gasteiger charge is -2.38. The van der Waals surface area contributed by atoms with Crippen LogP contribution in [0.1, 0.15) is 19.3 Å². The molecule has 1 spiro atoms. The van der Waals surface area contributed by atoms with Crippen LogP contribution in [0.5, 0.6) is 11.5 Å². The summed E-state index contributed by atoms with van der Waals surface area (Å²) in [6, 6.07) is 12.7. The number of sulfonamides is 1. The highest BCUT2D eigenvalue weighted by molar-refractivity contribution is 7.90. The van der Waals surface area contributed by atoms with E-state index in [1.807, 2.05) is 0 Å². The third-order valence-corrected chi connectivity index (χ3v) is 9.84. The van der Waals surface area contributed by atoms with Crippen molar-refractivity contribution in [1.29, 1.82) is 0 Å². The first kappa shape index (κ1) is 27.8.